The van der Waals surface area contributed by atoms with Crippen molar-refractivity contribution in [3.63, 3.8) is 0 Å². The molecule has 6 heteroatoms. The van der Waals surface area contributed by atoms with Gasteiger partial charge in [0, 0.05) is 24.4 Å². The fourth-order valence-corrected chi connectivity index (χ4v) is 3.87. The van der Waals surface area contributed by atoms with Gasteiger partial charge in [0.25, 0.3) is 0 Å². The van der Waals surface area contributed by atoms with E-state index in [0.29, 0.717) is 11.9 Å². The summed E-state index contributed by atoms with van der Waals surface area (Å²) in [7, 11) is -3.64. The van der Waals surface area contributed by atoms with E-state index in [1.54, 1.807) is 18.2 Å². The smallest absolute Gasteiger partial charge is 0.241 e. The van der Waals surface area contributed by atoms with Gasteiger partial charge in [-0.25, -0.2) is 13.1 Å². The minimum absolute atomic E-state index is 0.129. The summed E-state index contributed by atoms with van der Waals surface area (Å²) in [5.74, 6) is -0.129. The van der Waals surface area contributed by atoms with E-state index in [1.165, 1.54) is 0 Å². The second-order valence-corrected chi connectivity index (χ2v) is 6.49. The van der Waals surface area contributed by atoms with Crippen LogP contribution < -0.4 is 10.0 Å². The fourth-order valence-electron chi connectivity index (χ4n) is 2.40. The van der Waals surface area contributed by atoms with Crippen molar-refractivity contribution in [3.05, 3.63) is 42.5 Å². The van der Waals surface area contributed by atoms with Crippen LogP contribution in [-0.2, 0) is 14.8 Å². The number of carbonyl (C=O) groups is 1. The van der Waals surface area contributed by atoms with E-state index >= 15 is 0 Å². The van der Waals surface area contributed by atoms with Crippen molar-refractivity contribution in [2.24, 2.45) is 0 Å². The third kappa shape index (κ3) is 2.39. The lowest BCUT2D eigenvalue weighted by Crippen LogP contribution is -2.36. The van der Waals surface area contributed by atoms with Gasteiger partial charge in [0.05, 0.1) is 4.90 Å². The maximum absolute atomic E-state index is 12.5. The Bertz CT molecular complexity index is 766. The van der Waals surface area contributed by atoms with Crippen LogP contribution in [0, 0.1) is 0 Å². The molecule has 5 nitrogen and oxygen atoms in total. The number of carbonyl (C=O) groups excluding carboxylic acids is 1. The number of fused-ring (bicyclic) bond motifs is 1. The van der Waals surface area contributed by atoms with Crippen molar-refractivity contribution in [2.45, 2.75) is 17.4 Å². The molecule has 1 unspecified atom stereocenters. The molecule has 0 aromatic heterocycles. The predicted molar refractivity (Wildman–Crippen MR) is 75.7 cm³/mol. The summed E-state index contributed by atoms with van der Waals surface area (Å²) in [5, 5.41) is 4.17. The van der Waals surface area contributed by atoms with Gasteiger partial charge in [0.1, 0.15) is 0 Å². The first-order chi connectivity index (χ1) is 9.56. The molecule has 3 rings (SSSR count). The molecule has 1 saturated heterocycles. The van der Waals surface area contributed by atoms with Crippen LogP contribution in [0.1, 0.15) is 6.42 Å². The van der Waals surface area contributed by atoms with E-state index in [-0.39, 0.29) is 23.3 Å². The summed E-state index contributed by atoms with van der Waals surface area (Å²) in [4.78, 5) is 11.4. The molecule has 1 amide bonds. The van der Waals surface area contributed by atoms with Gasteiger partial charge in [-0.3, -0.25) is 4.79 Å². The molecule has 20 heavy (non-hydrogen) atoms. The lowest BCUT2D eigenvalue weighted by molar-refractivity contribution is -0.119. The second kappa shape index (κ2) is 4.88. The Morgan fingerprint density at radius 3 is 2.60 bits per heavy atom. The van der Waals surface area contributed by atoms with Crippen molar-refractivity contribution in [1.29, 1.82) is 0 Å². The van der Waals surface area contributed by atoms with Gasteiger partial charge in [-0.15, -0.1) is 0 Å². The highest BCUT2D eigenvalue weighted by molar-refractivity contribution is 7.89. The highest BCUT2D eigenvalue weighted by Gasteiger charge is 2.27. The van der Waals surface area contributed by atoms with Crippen LogP contribution in [0.25, 0.3) is 10.8 Å². The molecule has 0 saturated carbocycles. The highest BCUT2D eigenvalue weighted by atomic mass is 32.2. The van der Waals surface area contributed by atoms with E-state index in [0.717, 1.165) is 5.39 Å². The van der Waals surface area contributed by atoms with Crippen LogP contribution in [0.4, 0.5) is 0 Å². The maximum atomic E-state index is 12.5. The maximum Gasteiger partial charge on any atom is 0.241 e. The van der Waals surface area contributed by atoms with E-state index in [4.69, 9.17) is 0 Å². The fraction of sp³-hybridized carbons (Fsp3) is 0.214. The van der Waals surface area contributed by atoms with E-state index < -0.39 is 10.0 Å². The Morgan fingerprint density at radius 2 is 1.85 bits per heavy atom. The van der Waals surface area contributed by atoms with E-state index in [2.05, 4.69) is 10.0 Å². The number of sulfonamides is 1. The van der Waals surface area contributed by atoms with Gasteiger partial charge in [0.15, 0.2) is 0 Å². The zero-order chi connectivity index (χ0) is 14.2. The first kappa shape index (κ1) is 13.1. The van der Waals surface area contributed by atoms with Crippen molar-refractivity contribution in [1.82, 2.24) is 10.0 Å². The lowest BCUT2D eigenvalue weighted by atomic mass is 10.1. The molecule has 1 fully saturated rings. The van der Waals surface area contributed by atoms with E-state index in [9.17, 15) is 13.2 Å². The highest BCUT2D eigenvalue weighted by Crippen LogP contribution is 2.23. The van der Waals surface area contributed by atoms with Gasteiger partial charge in [-0.2, -0.15) is 0 Å². The van der Waals surface area contributed by atoms with Gasteiger partial charge >= 0.3 is 0 Å². The standard InChI is InChI=1S/C14H14N2O3S/c17-14-8-11(9-15-14)16-20(18,19)13-7-3-5-10-4-1-2-6-12(10)13/h1-7,11,16H,8-9H2,(H,15,17). The van der Waals surface area contributed by atoms with Crippen molar-refractivity contribution >= 4 is 26.7 Å². The average molecular weight is 290 g/mol. The normalized spacial score (nSPS) is 19.2. The predicted octanol–water partition coefficient (Wildman–Crippen LogP) is 1.01. The summed E-state index contributed by atoms with van der Waals surface area (Å²) >= 11 is 0. The van der Waals surface area contributed by atoms with Gasteiger partial charge < -0.3 is 5.32 Å². The Balaban J connectivity index is 1.99. The number of benzene rings is 2. The van der Waals surface area contributed by atoms with Gasteiger partial charge in [-0.1, -0.05) is 36.4 Å². The lowest BCUT2D eigenvalue weighted by Gasteiger charge is -2.13. The van der Waals surface area contributed by atoms with Crippen LogP contribution in [0.15, 0.2) is 47.4 Å². The molecule has 2 aromatic rings. The number of hydrogen-bond acceptors (Lipinski definition) is 3. The molecule has 0 aliphatic carbocycles. The molecule has 2 aromatic carbocycles. The summed E-state index contributed by atoms with van der Waals surface area (Å²) < 4.78 is 27.5. The SMILES string of the molecule is O=C1CC(NS(=O)(=O)c2cccc3ccccc23)CN1. The minimum Gasteiger partial charge on any atom is -0.354 e. The zero-order valence-electron chi connectivity index (χ0n) is 10.7. The van der Waals surface area contributed by atoms with Crippen molar-refractivity contribution in [3.8, 4) is 0 Å². The zero-order valence-corrected chi connectivity index (χ0v) is 11.5. The third-order valence-electron chi connectivity index (χ3n) is 3.34. The van der Waals surface area contributed by atoms with Crippen LogP contribution in [0.5, 0.6) is 0 Å². The molecule has 0 radical (unpaired) electrons. The van der Waals surface area contributed by atoms with Gasteiger partial charge in [0.2, 0.25) is 15.9 Å². The monoisotopic (exact) mass is 290 g/mol. The molecule has 104 valence electrons. The largest absolute Gasteiger partial charge is 0.354 e. The minimum atomic E-state index is -3.64. The van der Waals surface area contributed by atoms with Crippen LogP contribution >= 0.6 is 0 Å². The van der Waals surface area contributed by atoms with Crippen LogP contribution in [0.3, 0.4) is 0 Å². The molecular weight excluding hydrogens is 276 g/mol. The van der Waals surface area contributed by atoms with Gasteiger partial charge in [-0.05, 0) is 11.5 Å². The molecule has 1 aliphatic rings. The Morgan fingerprint density at radius 1 is 1.10 bits per heavy atom. The van der Waals surface area contributed by atoms with Crippen LogP contribution in [-0.4, -0.2) is 26.9 Å². The molecule has 0 spiro atoms. The Labute approximate surface area is 117 Å². The third-order valence-corrected chi connectivity index (χ3v) is 4.92. The number of rotatable bonds is 3. The molecule has 1 heterocycles. The molecule has 2 N–H and O–H groups in total. The van der Waals surface area contributed by atoms with Crippen molar-refractivity contribution < 1.29 is 13.2 Å². The second-order valence-electron chi connectivity index (χ2n) is 4.80. The van der Waals surface area contributed by atoms with Crippen LogP contribution in [0.2, 0.25) is 0 Å². The number of amides is 1. The number of hydrogen-bond donors (Lipinski definition) is 2. The summed E-state index contributed by atoms with van der Waals surface area (Å²) in [6.07, 6.45) is 0.185. The first-order valence-electron chi connectivity index (χ1n) is 6.33. The molecule has 1 atom stereocenters. The molecular formula is C14H14N2O3S. The Hall–Kier alpha value is -1.92. The number of nitrogens with one attached hydrogen (secondary N) is 2. The topological polar surface area (TPSA) is 75.3 Å². The quantitative estimate of drug-likeness (QED) is 0.885. The summed E-state index contributed by atoms with van der Waals surface area (Å²) in [5.41, 5.74) is 0. The average Bonchev–Trinajstić information content (AvgIpc) is 2.82. The summed E-state index contributed by atoms with van der Waals surface area (Å²) in [6, 6.07) is 12.1. The molecule has 0 bridgehead atoms. The first-order valence-corrected chi connectivity index (χ1v) is 7.81. The summed E-state index contributed by atoms with van der Waals surface area (Å²) in [6.45, 7) is 0.336. The molecule has 1 aliphatic heterocycles. The van der Waals surface area contributed by atoms with Crippen molar-refractivity contribution in [2.75, 3.05) is 6.54 Å². The Kier molecular flexibility index (Phi) is 3.19. The van der Waals surface area contributed by atoms with E-state index in [1.807, 2.05) is 24.3 Å².